The summed E-state index contributed by atoms with van der Waals surface area (Å²) in [5, 5.41) is 3.25. The summed E-state index contributed by atoms with van der Waals surface area (Å²) in [6.45, 7) is 4.91. The highest BCUT2D eigenvalue weighted by atomic mass is 16.5. The van der Waals surface area contributed by atoms with E-state index >= 15 is 0 Å². The van der Waals surface area contributed by atoms with Crippen LogP contribution >= 0.6 is 0 Å². The number of benzene rings is 1. The topological polar surface area (TPSA) is 65.7 Å². The Bertz CT molecular complexity index is 372. The second-order valence-electron chi connectivity index (χ2n) is 4.50. The summed E-state index contributed by atoms with van der Waals surface area (Å²) in [5.41, 5.74) is 6.54. The Kier molecular flexibility index (Phi) is 7.84. The molecule has 0 bridgehead atoms. The third-order valence-electron chi connectivity index (χ3n) is 2.91. The SMILES string of the molecule is CCCCOc1c(OC)cc(CNCCN)cc1OC. The molecule has 0 fully saturated rings. The van der Waals surface area contributed by atoms with Crippen LogP contribution in [0.2, 0.25) is 0 Å². The average molecular weight is 282 g/mol. The van der Waals surface area contributed by atoms with Gasteiger partial charge in [-0.1, -0.05) is 13.3 Å². The van der Waals surface area contributed by atoms with Gasteiger partial charge in [0.05, 0.1) is 20.8 Å². The number of nitrogens with two attached hydrogens (primary N) is 1. The predicted octanol–water partition coefficient (Wildman–Crippen LogP) is 1.93. The van der Waals surface area contributed by atoms with Crippen molar-refractivity contribution in [3.8, 4) is 17.2 Å². The zero-order valence-corrected chi connectivity index (χ0v) is 12.7. The van der Waals surface area contributed by atoms with E-state index < -0.39 is 0 Å². The van der Waals surface area contributed by atoms with Gasteiger partial charge in [0.15, 0.2) is 11.5 Å². The first-order chi connectivity index (χ1) is 9.76. The molecule has 0 spiro atoms. The molecule has 0 atom stereocenters. The Morgan fingerprint density at radius 1 is 1.15 bits per heavy atom. The maximum Gasteiger partial charge on any atom is 0.203 e. The van der Waals surface area contributed by atoms with Gasteiger partial charge in [-0.25, -0.2) is 0 Å². The minimum absolute atomic E-state index is 0.618. The first-order valence-electron chi connectivity index (χ1n) is 7.05. The summed E-state index contributed by atoms with van der Waals surface area (Å²) in [5.74, 6) is 2.07. The van der Waals surface area contributed by atoms with Crippen molar-refractivity contribution in [2.75, 3.05) is 33.9 Å². The Morgan fingerprint density at radius 3 is 2.30 bits per heavy atom. The van der Waals surface area contributed by atoms with Gasteiger partial charge in [0, 0.05) is 19.6 Å². The maximum absolute atomic E-state index is 5.78. The minimum Gasteiger partial charge on any atom is -0.493 e. The normalized spacial score (nSPS) is 10.4. The van der Waals surface area contributed by atoms with E-state index in [2.05, 4.69) is 12.2 Å². The van der Waals surface area contributed by atoms with Crippen LogP contribution in [0.1, 0.15) is 25.3 Å². The van der Waals surface area contributed by atoms with Crippen LogP contribution in [0.25, 0.3) is 0 Å². The Morgan fingerprint density at radius 2 is 1.80 bits per heavy atom. The van der Waals surface area contributed by atoms with Crippen LogP contribution in [0.5, 0.6) is 17.2 Å². The van der Waals surface area contributed by atoms with E-state index in [1.165, 1.54) is 0 Å². The van der Waals surface area contributed by atoms with E-state index in [1.54, 1.807) is 14.2 Å². The lowest BCUT2D eigenvalue weighted by molar-refractivity contribution is 0.269. The standard InChI is InChI=1S/C15H26N2O3/c1-4-5-8-20-15-13(18-2)9-12(10-14(15)19-3)11-17-7-6-16/h9-10,17H,4-8,11,16H2,1-3H3. The van der Waals surface area contributed by atoms with Gasteiger partial charge in [-0.05, 0) is 24.1 Å². The number of hydrogen-bond acceptors (Lipinski definition) is 5. The summed E-state index contributed by atoms with van der Waals surface area (Å²) in [6, 6.07) is 3.93. The number of unbranched alkanes of at least 4 members (excludes halogenated alkanes) is 1. The first-order valence-corrected chi connectivity index (χ1v) is 7.05. The summed E-state index contributed by atoms with van der Waals surface area (Å²) in [6.07, 6.45) is 2.10. The molecule has 5 heteroatoms. The van der Waals surface area contributed by atoms with E-state index in [0.29, 0.717) is 30.4 Å². The van der Waals surface area contributed by atoms with Crippen LogP contribution in [0.4, 0.5) is 0 Å². The highest BCUT2D eigenvalue weighted by Gasteiger charge is 2.13. The van der Waals surface area contributed by atoms with Gasteiger partial charge in [0.25, 0.3) is 0 Å². The largest absolute Gasteiger partial charge is 0.493 e. The van der Waals surface area contributed by atoms with Crippen LogP contribution < -0.4 is 25.3 Å². The summed E-state index contributed by atoms with van der Waals surface area (Å²) in [4.78, 5) is 0. The number of hydrogen-bond donors (Lipinski definition) is 2. The molecule has 0 aliphatic heterocycles. The molecule has 0 aromatic heterocycles. The Balaban J connectivity index is 2.86. The van der Waals surface area contributed by atoms with Crippen molar-refractivity contribution in [3.63, 3.8) is 0 Å². The maximum atomic E-state index is 5.78. The summed E-state index contributed by atoms with van der Waals surface area (Å²) in [7, 11) is 3.27. The molecule has 1 aromatic rings. The van der Waals surface area contributed by atoms with Gasteiger partial charge in [0.2, 0.25) is 5.75 Å². The lowest BCUT2D eigenvalue weighted by atomic mass is 10.1. The van der Waals surface area contributed by atoms with Gasteiger partial charge >= 0.3 is 0 Å². The second-order valence-corrected chi connectivity index (χ2v) is 4.50. The molecule has 5 nitrogen and oxygen atoms in total. The number of ether oxygens (including phenoxy) is 3. The number of rotatable bonds is 10. The molecule has 0 radical (unpaired) electrons. The van der Waals surface area contributed by atoms with Crippen LogP contribution in [0, 0.1) is 0 Å². The van der Waals surface area contributed by atoms with Crippen molar-refractivity contribution in [1.82, 2.24) is 5.32 Å². The molecule has 20 heavy (non-hydrogen) atoms. The third-order valence-corrected chi connectivity index (χ3v) is 2.91. The monoisotopic (exact) mass is 282 g/mol. The highest BCUT2D eigenvalue weighted by Crippen LogP contribution is 2.38. The van der Waals surface area contributed by atoms with Crippen LogP contribution in [0.15, 0.2) is 12.1 Å². The second kappa shape index (κ2) is 9.44. The molecule has 0 aliphatic carbocycles. The zero-order valence-electron chi connectivity index (χ0n) is 12.7. The quantitative estimate of drug-likeness (QED) is 0.642. The lowest BCUT2D eigenvalue weighted by Gasteiger charge is -2.16. The van der Waals surface area contributed by atoms with E-state index in [1.807, 2.05) is 12.1 Å². The van der Waals surface area contributed by atoms with Gasteiger partial charge in [0.1, 0.15) is 0 Å². The van der Waals surface area contributed by atoms with Crippen LogP contribution in [0.3, 0.4) is 0 Å². The fourth-order valence-electron chi connectivity index (χ4n) is 1.83. The zero-order chi connectivity index (χ0) is 14.8. The molecule has 0 heterocycles. The van der Waals surface area contributed by atoms with Crippen molar-refractivity contribution < 1.29 is 14.2 Å². The molecule has 114 valence electrons. The van der Waals surface area contributed by atoms with Crippen molar-refractivity contribution in [2.45, 2.75) is 26.3 Å². The molecular formula is C15H26N2O3. The molecule has 0 saturated heterocycles. The van der Waals surface area contributed by atoms with Gasteiger partial charge in [-0.2, -0.15) is 0 Å². The Hall–Kier alpha value is -1.46. The molecule has 1 aromatic carbocycles. The van der Waals surface area contributed by atoms with Crippen LogP contribution in [-0.2, 0) is 6.54 Å². The fraction of sp³-hybridized carbons (Fsp3) is 0.600. The van der Waals surface area contributed by atoms with E-state index in [9.17, 15) is 0 Å². The van der Waals surface area contributed by atoms with E-state index in [0.717, 1.165) is 31.5 Å². The first kappa shape index (κ1) is 16.6. The smallest absolute Gasteiger partial charge is 0.203 e. The van der Waals surface area contributed by atoms with Crippen molar-refractivity contribution in [1.29, 1.82) is 0 Å². The molecular weight excluding hydrogens is 256 g/mol. The van der Waals surface area contributed by atoms with Crippen molar-refractivity contribution in [3.05, 3.63) is 17.7 Å². The van der Waals surface area contributed by atoms with E-state index in [4.69, 9.17) is 19.9 Å². The van der Waals surface area contributed by atoms with Gasteiger partial charge < -0.3 is 25.3 Å². The number of methoxy groups -OCH3 is 2. The van der Waals surface area contributed by atoms with E-state index in [-0.39, 0.29) is 0 Å². The average Bonchev–Trinajstić information content (AvgIpc) is 2.48. The van der Waals surface area contributed by atoms with Crippen molar-refractivity contribution in [2.24, 2.45) is 5.73 Å². The summed E-state index contributed by atoms with van der Waals surface area (Å²) >= 11 is 0. The lowest BCUT2D eigenvalue weighted by Crippen LogP contribution is -2.21. The highest BCUT2D eigenvalue weighted by molar-refractivity contribution is 5.53. The Labute approximate surface area is 121 Å². The predicted molar refractivity (Wildman–Crippen MR) is 80.7 cm³/mol. The molecule has 1 rings (SSSR count). The minimum atomic E-state index is 0.618. The molecule has 0 unspecified atom stereocenters. The molecule has 0 saturated carbocycles. The van der Waals surface area contributed by atoms with Crippen molar-refractivity contribution >= 4 is 0 Å². The third kappa shape index (κ3) is 4.90. The van der Waals surface area contributed by atoms with Crippen LogP contribution in [-0.4, -0.2) is 33.9 Å². The number of nitrogens with one attached hydrogen (secondary N) is 1. The molecule has 3 N–H and O–H groups in total. The fourth-order valence-corrected chi connectivity index (χ4v) is 1.83. The van der Waals surface area contributed by atoms with Gasteiger partial charge in [-0.3, -0.25) is 0 Å². The molecule has 0 aliphatic rings. The molecule has 0 amide bonds. The summed E-state index contributed by atoms with van der Waals surface area (Å²) < 4.78 is 16.6. The van der Waals surface area contributed by atoms with Gasteiger partial charge in [-0.15, -0.1) is 0 Å².